The smallest absolute Gasteiger partial charge is 0.255 e. The highest BCUT2D eigenvalue weighted by Gasteiger charge is 2.13. The molecule has 6 heteroatoms. The minimum Gasteiger partial charge on any atom is -0.397 e. The predicted octanol–water partition coefficient (Wildman–Crippen LogP) is 1.88. The lowest BCUT2D eigenvalue weighted by atomic mass is 10.1. The number of carbonyl (C=O) groups excluding carboxylic acids is 1. The van der Waals surface area contributed by atoms with Gasteiger partial charge >= 0.3 is 0 Å². The fourth-order valence-corrected chi connectivity index (χ4v) is 2.20. The molecule has 0 aliphatic heterocycles. The van der Waals surface area contributed by atoms with Crippen LogP contribution in [0.1, 0.15) is 23.0 Å². The second-order valence-corrected chi connectivity index (χ2v) is 5.14. The van der Waals surface area contributed by atoms with Gasteiger partial charge in [-0.25, -0.2) is 0 Å². The van der Waals surface area contributed by atoms with Crippen LogP contribution in [0.4, 0.5) is 17.1 Å². The average molecular weight is 287 g/mol. The number of nitrogens with one attached hydrogen (secondary N) is 1. The predicted molar refractivity (Wildman–Crippen MR) is 85.7 cm³/mol. The molecule has 3 N–H and O–H groups in total. The second kappa shape index (κ2) is 5.87. The van der Waals surface area contributed by atoms with Crippen LogP contribution < -0.4 is 16.0 Å². The monoisotopic (exact) mass is 287 g/mol. The topological polar surface area (TPSA) is 76.2 Å². The highest BCUT2D eigenvalue weighted by molar-refractivity contribution is 6.05. The van der Waals surface area contributed by atoms with Crippen molar-refractivity contribution in [2.75, 3.05) is 30.0 Å². The largest absolute Gasteiger partial charge is 0.397 e. The van der Waals surface area contributed by atoms with Crippen LogP contribution in [0.3, 0.4) is 0 Å². The van der Waals surface area contributed by atoms with E-state index in [0.29, 0.717) is 11.3 Å². The number of aryl methyl sites for hydroxylation is 2. The van der Waals surface area contributed by atoms with Crippen molar-refractivity contribution in [3.63, 3.8) is 0 Å². The molecule has 0 unspecified atom stereocenters. The fourth-order valence-electron chi connectivity index (χ4n) is 2.20. The Kier molecular flexibility index (Phi) is 4.16. The molecule has 0 bridgehead atoms. The Balaban J connectivity index is 2.22. The van der Waals surface area contributed by atoms with Gasteiger partial charge in [0, 0.05) is 32.9 Å². The first-order chi connectivity index (χ1) is 9.92. The fraction of sp³-hybridized carbons (Fsp3) is 0.333. The summed E-state index contributed by atoms with van der Waals surface area (Å²) < 4.78 is 1.69. The van der Waals surface area contributed by atoms with E-state index in [4.69, 9.17) is 5.73 Å². The molecular formula is C15H21N5O. The number of amides is 1. The van der Waals surface area contributed by atoms with Crippen LogP contribution in [0.15, 0.2) is 24.4 Å². The van der Waals surface area contributed by atoms with E-state index in [-0.39, 0.29) is 5.91 Å². The standard InChI is InChI=1S/C15H21N5O/c1-5-12-13(9-20(4)18-12)17-15(21)10-6-7-14(19(2)3)11(16)8-10/h6-9H,5,16H2,1-4H3,(H,17,21). The zero-order chi connectivity index (χ0) is 15.6. The van der Waals surface area contributed by atoms with Crippen LogP contribution >= 0.6 is 0 Å². The van der Waals surface area contributed by atoms with Crippen molar-refractivity contribution in [2.45, 2.75) is 13.3 Å². The first-order valence-electron chi connectivity index (χ1n) is 6.83. The molecule has 0 atom stereocenters. The maximum absolute atomic E-state index is 12.3. The Morgan fingerprint density at radius 1 is 1.43 bits per heavy atom. The molecule has 2 rings (SSSR count). The lowest BCUT2D eigenvalue weighted by Crippen LogP contribution is -2.15. The maximum Gasteiger partial charge on any atom is 0.255 e. The van der Waals surface area contributed by atoms with Gasteiger partial charge in [-0.15, -0.1) is 0 Å². The third-order valence-electron chi connectivity index (χ3n) is 3.26. The van der Waals surface area contributed by atoms with Gasteiger partial charge in [-0.2, -0.15) is 5.10 Å². The van der Waals surface area contributed by atoms with Gasteiger partial charge in [-0.1, -0.05) is 6.92 Å². The molecule has 1 aromatic heterocycles. The van der Waals surface area contributed by atoms with E-state index in [1.54, 1.807) is 23.0 Å². The molecular weight excluding hydrogens is 266 g/mol. The number of nitrogens with zero attached hydrogens (tertiary/aromatic N) is 3. The third-order valence-corrected chi connectivity index (χ3v) is 3.26. The maximum atomic E-state index is 12.3. The van der Waals surface area contributed by atoms with E-state index in [1.165, 1.54) is 0 Å². The molecule has 1 amide bonds. The van der Waals surface area contributed by atoms with Crippen molar-refractivity contribution in [2.24, 2.45) is 7.05 Å². The Morgan fingerprint density at radius 3 is 2.71 bits per heavy atom. The summed E-state index contributed by atoms with van der Waals surface area (Å²) in [4.78, 5) is 14.2. The van der Waals surface area contributed by atoms with Crippen molar-refractivity contribution < 1.29 is 4.79 Å². The third kappa shape index (κ3) is 3.16. The van der Waals surface area contributed by atoms with Gasteiger partial charge in [0.25, 0.3) is 5.91 Å². The minimum absolute atomic E-state index is 0.185. The first kappa shape index (κ1) is 14.9. The molecule has 21 heavy (non-hydrogen) atoms. The van der Waals surface area contributed by atoms with E-state index < -0.39 is 0 Å². The van der Waals surface area contributed by atoms with Gasteiger partial charge in [0.15, 0.2) is 0 Å². The van der Waals surface area contributed by atoms with Crippen LogP contribution in [0.25, 0.3) is 0 Å². The molecule has 0 fully saturated rings. The summed E-state index contributed by atoms with van der Waals surface area (Å²) in [6, 6.07) is 5.30. The molecule has 112 valence electrons. The van der Waals surface area contributed by atoms with Crippen LogP contribution in [0.5, 0.6) is 0 Å². The highest BCUT2D eigenvalue weighted by Crippen LogP contribution is 2.23. The van der Waals surface area contributed by atoms with Gasteiger partial charge < -0.3 is 16.0 Å². The Bertz CT molecular complexity index is 660. The van der Waals surface area contributed by atoms with Crippen molar-refractivity contribution >= 4 is 23.0 Å². The van der Waals surface area contributed by atoms with E-state index in [1.807, 2.05) is 39.0 Å². The number of anilines is 3. The van der Waals surface area contributed by atoms with Crippen molar-refractivity contribution in [3.05, 3.63) is 35.7 Å². The van der Waals surface area contributed by atoms with Gasteiger partial charge in [0.05, 0.1) is 22.8 Å². The molecule has 6 nitrogen and oxygen atoms in total. The van der Waals surface area contributed by atoms with Gasteiger partial charge in [0.1, 0.15) is 0 Å². The molecule has 0 aliphatic rings. The number of aromatic nitrogens is 2. The second-order valence-electron chi connectivity index (χ2n) is 5.14. The van der Waals surface area contributed by atoms with Crippen molar-refractivity contribution in [1.82, 2.24) is 9.78 Å². The lowest BCUT2D eigenvalue weighted by Gasteiger charge is -2.15. The number of benzene rings is 1. The Morgan fingerprint density at radius 2 is 2.14 bits per heavy atom. The Hall–Kier alpha value is -2.50. The van der Waals surface area contributed by atoms with Crippen molar-refractivity contribution in [3.8, 4) is 0 Å². The molecule has 0 aliphatic carbocycles. The molecule has 0 saturated heterocycles. The lowest BCUT2D eigenvalue weighted by molar-refractivity contribution is 0.102. The summed E-state index contributed by atoms with van der Waals surface area (Å²) in [5.74, 6) is -0.185. The van der Waals surface area contributed by atoms with E-state index in [9.17, 15) is 4.79 Å². The molecule has 1 aromatic carbocycles. The minimum atomic E-state index is -0.185. The Labute approximate surface area is 124 Å². The average Bonchev–Trinajstić information content (AvgIpc) is 2.78. The van der Waals surface area contributed by atoms with Gasteiger partial charge in [-0.05, 0) is 24.6 Å². The van der Waals surface area contributed by atoms with Crippen LogP contribution in [-0.2, 0) is 13.5 Å². The summed E-state index contributed by atoms with van der Waals surface area (Å²) in [7, 11) is 5.65. The number of nitrogens with two attached hydrogens (primary N) is 1. The summed E-state index contributed by atoms with van der Waals surface area (Å²) in [5.41, 5.74) is 9.58. The van der Waals surface area contributed by atoms with Crippen LogP contribution in [0, 0.1) is 0 Å². The van der Waals surface area contributed by atoms with E-state index in [2.05, 4.69) is 10.4 Å². The summed E-state index contributed by atoms with van der Waals surface area (Å²) in [6.07, 6.45) is 2.56. The summed E-state index contributed by atoms with van der Waals surface area (Å²) >= 11 is 0. The number of carbonyl (C=O) groups is 1. The SMILES string of the molecule is CCc1nn(C)cc1NC(=O)c1ccc(N(C)C)c(N)c1. The van der Waals surface area contributed by atoms with Crippen molar-refractivity contribution in [1.29, 1.82) is 0 Å². The summed E-state index contributed by atoms with van der Waals surface area (Å²) in [6.45, 7) is 2.00. The molecule has 0 spiro atoms. The van der Waals surface area contributed by atoms with Gasteiger partial charge in [-0.3, -0.25) is 9.48 Å². The van der Waals surface area contributed by atoms with Gasteiger partial charge in [0.2, 0.25) is 0 Å². The quantitative estimate of drug-likeness (QED) is 0.842. The molecule has 2 aromatic rings. The zero-order valence-corrected chi connectivity index (χ0v) is 12.8. The van der Waals surface area contributed by atoms with Crippen LogP contribution in [0.2, 0.25) is 0 Å². The molecule has 0 saturated carbocycles. The van der Waals surface area contributed by atoms with E-state index in [0.717, 1.165) is 23.5 Å². The normalized spacial score (nSPS) is 10.5. The molecule has 0 radical (unpaired) electrons. The molecule has 1 heterocycles. The summed E-state index contributed by atoms with van der Waals surface area (Å²) in [5, 5.41) is 7.18. The zero-order valence-electron chi connectivity index (χ0n) is 12.8. The number of hydrogen-bond acceptors (Lipinski definition) is 4. The van der Waals surface area contributed by atoms with E-state index >= 15 is 0 Å². The first-order valence-corrected chi connectivity index (χ1v) is 6.83. The number of rotatable bonds is 4. The van der Waals surface area contributed by atoms with Crippen LogP contribution in [-0.4, -0.2) is 29.8 Å². The number of nitrogen functional groups attached to an aromatic ring is 1. The number of hydrogen-bond donors (Lipinski definition) is 2. The highest BCUT2D eigenvalue weighted by atomic mass is 16.1.